The first-order chi connectivity index (χ1) is 4.87. The molecule has 0 bridgehead atoms. The molecule has 0 saturated heterocycles. The summed E-state index contributed by atoms with van der Waals surface area (Å²) >= 11 is 0. The molecule has 66 valence electrons. The topological polar surface area (TPSA) is 127 Å². The zero-order valence-electron chi connectivity index (χ0n) is 5.34. The molecule has 0 aromatic carbocycles. The number of nitrogens with one attached hydrogen (secondary N) is 1. The first-order valence-corrected chi connectivity index (χ1v) is 4.15. The van der Waals surface area contributed by atoms with Gasteiger partial charge in [0, 0.05) is 0 Å². The van der Waals surface area contributed by atoms with E-state index < -0.39 is 26.4 Å². The molecule has 0 aliphatic carbocycles. The summed E-state index contributed by atoms with van der Waals surface area (Å²) < 4.78 is 10.1. The van der Waals surface area contributed by atoms with Crippen molar-refractivity contribution in [2.75, 3.05) is 6.61 Å². The van der Waals surface area contributed by atoms with Crippen LogP contribution in [0.5, 0.6) is 0 Å². The first-order valence-electron chi connectivity index (χ1n) is 2.54. The normalized spacial score (nSPS) is 14.5. The number of aliphatic carboxylic acids is 1. The van der Waals surface area contributed by atoms with Gasteiger partial charge in [-0.15, -0.1) is 0 Å². The largest absolute Gasteiger partial charge is 0.480 e. The predicted octanol–water partition coefficient (Wildman–Crippen LogP) is -1.89. The maximum absolute atomic E-state index is 10.1. The molecule has 0 heterocycles. The van der Waals surface area contributed by atoms with Gasteiger partial charge in [-0.3, -0.25) is 4.79 Å². The highest BCUT2D eigenvalue weighted by atomic mass is 31.2. The lowest BCUT2D eigenvalue weighted by molar-refractivity contribution is -0.140. The van der Waals surface area contributed by atoms with Crippen molar-refractivity contribution in [3.63, 3.8) is 0 Å². The smallest absolute Gasteiger partial charge is 0.401 e. The number of aliphatic hydroxyl groups excluding tert-OH is 1. The highest BCUT2D eigenvalue weighted by Gasteiger charge is 2.24. The van der Waals surface area contributed by atoms with E-state index in [2.05, 4.69) is 0 Å². The van der Waals surface area contributed by atoms with Gasteiger partial charge in [-0.05, 0) is 0 Å². The summed E-state index contributed by atoms with van der Waals surface area (Å²) in [7, 11) is -4.58. The minimum Gasteiger partial charge on any atom is -0.480 e. The number of carboxylic acid groups (broad SMARTS) is 1. The van der Waals surface area contributed by atoms with Gasteiger partial charge in [0.2, 0.25) is 0 Å². The van der Waals surface area contributed by atoms with Crippen molar-refractivity contribution in [1.82, 2.24) is 5.09 Å². The summed E-state index contributed by atoms with van der Waals surface area (Å²) in [6, 6.07) is -1.63. The van der Waals surface area contributed by atoms with Crippen molar-refractivity contribution in [2.24, 2.45) is 0 Å². The highest BCUT2D eigenvalue weighted by molar-refractivity contribution is 7.49. The van der Waals surface area contributed by atoms with Crippen molar-refractivity contribution in [1.29, 1.82) is 0 Å². The van der Waals surface area contributed by atoms with Gasteiger partial charge in [-0.1, -0.05) is 0 Å². The Morgan fingerprint density at radius 1 is 1.55 bits per heavy atom. The lowest BCUT2D eigenvalue weighted by Gasteiger charge is -2.11. The zero-order chi connectivity index (χ0) is 9.07. The van der Waals surface area contributed by atoms with E-state index in [1.54, 1.807) is 0 Å². The average Bonchev–Trinajstić information content (AvgIpc) is 1.80. The third-order valence-electron chi connectivity index (χ3n) is 0.805. The van der Waals surface area contributed by atoms with Gasteiger partial charge in [0.15, 0.2) is 0 Å². The van der Waals surface area contributed by atoms with Crippen molar-refractivity contribution >= 4 is 13.7 Å². The van der Waals surface area contributed by atoms with Crippen LogP contribution in [0.1, 0.15) is 0 Å². The van der Waals surface area contributed by atoms with Gasteiger partial charge in [0.25, 0.3) is 0 Å². The van der Waals surface area contributed by atoms with E-state index in [4.69, 9.17) is 20.0 Å². The molecule has 0 aliphatic rings. The third kappa shape index (κ3) is 4.88. The van der Waals surface area contributed by atoms with E-state index >= 15 is 0 Å². The Kier molecular flexibility index (Phi) is 3.64. The Labute approximate surface area is 61.9 Å². The molecule has 0 fully saturated rings. The number of hydrogen-bond donors (Lipinski definition) is 5. The molecule has 8 heteroatoms. The van der Waals surface area contributed by atoms with Crippen LogP contribution in [-0.4, -0.2) is 38.6 Å². The molecule has 11 heavy (non-hydrogen) atoms. The number of aliphatic hydroxyl groups is 1. The van der Waals surface area contributed by atoms with Crippen LogP contribution in [0.15, 0.2) is 0 Å². The summed E-state index contributed by atoms with van der Waals surface area (Å²) in [6.45, 7) is -0.875. The second kappa shape index (κ2) is 3.80. The molecule has 0 radical (unpaired) electrons. The maximum atomic E-state index is 10.1. The standard InChI is InChI=1S/C3H8NO6P/c5-1-2(3(6)7)4-11(8,9)10/h2,5H,1H2,(H,6,7)(H3,4,8,9,10)/t2-/m1/s1. The summed E-state index contributed by atoms with van der Waals surface area (Å²) in [5, 5.41) is 17.9. The summed E-state index contributed by atoms with van der Waals surface area (Å²) in [5.74, 6) is -1.52. The fourth-order valence-corrected chi connectivity index (χ4v) is 0.975. The van der Waals surface area contributed by atoms with Crippen LogP contribution in [0.3, 0.4) is 0 Å². The molecule has 1 atom stereocenters. The van der Waals surface area contributed by atoms with Gasteiger partial charge in [-0.2, -0.15) is 0 Å². The quantitative estimate of drug-likeness (QED) is 0.324. The Bertz CT molecular complexity index is 186. The Morgan fingerprint density at radius 3 is 2.09 bits per heavy atom. The number of rotatable bonds is 4. The SMILES string of the molecule is O=C(O)[C@@H](CO)NP(=O)(O)O. The highest BCUT2D eigenvalue weighted by Crippen LogP contribution is 2.28. The Hall–Kier alpha value is -0.460. The van der Waals surface area contributed by atoms with E-state index in [0.717, 1.165) is 0 Å². The molecule has 0 amide bonds. The second-order valence-corrected chi connectivity index (χ2v) is 3.09. The minimum absolute atomic E-state index is 0.875. The van der Waals surface area contributed by atoms with E-state index in [-0.39, 0.29) is 0 Å². The maximum Gasteiger partial charge on any atom is 0.401 e. The van der Waals surface area contributed by atoms with Crippen molar-refractivity contribution in [3.8, 4) is 0 Å². The molecule has 0 aromatic heterocycles. The van der Waals surface area contributed by atoms with Gasteiger partial charge in [0.05, 0.1) is 6.61 Å². The van der Waals surface area contributed by atoms with Gasteiger partial charge in [-0.25, -0.2) is 9.65 Å². The van der Waals surface area contributed by atoms with Gasteiger partial charge >= 0.3 is 13.7 Å². The number of carboxylic acids is 1. The molecule has 5 N–H and O–H groups in total. The predicted molar refractivity (Wildman–Crippen MR) is 33.7 cm³/mol. The van der Waals surface area contributed by atoms with E-state index in [0.29, 0.717) is 0 Å². The number of hydrogen-bond acceptors (Lipinski definition) is 3. The molecule has 0 rings (SSSR count). The van der Waals surface area contributed by atoms with E-state index in [9.17, 15) is 9.36 Å². The monoisotopic (exact) mass is 185 g/mol. The van der Waals surface area contributed by atoms with Crippen LogP contribution in [0.2, 0.25) is 0 Å². The van der Waals surface area contributed by atoms with Crippen LogP contribution >= 0.6 is 7.75 Å². The molecule has 0 unspecified atom stereocenters. The fraction of sp³-hybridized carbons (Fsp3) is 0.667. The van der Waals surface area contributed by atoms with Crippen LogP contribution in [0, 0.1) is 0 Å². The first kappa shape index (κ1) is 10.5. The lowest BCUT2D eigenvalue weighted by Crippen LogP contribution is -2.37. The summed E-state index contributed by atoms with van der Waals surface area (Å²) in [4.78, 5) is 26.4. The van der Waals surface area contributed by atoms with Crippen LogP contribution in [0.25, 0.3) is 0 Å². The summed E-state index contributed by atoms with van der Waals surface area (Å²) in [5.41, 5.74) is 0. The Morgan fingerprint density at radius 2 is 2.00 bits per heavy atom. The minimum atomic E-state index is -4.58. The number of carbonyl (C=O) groups is 1. The molecule has 7 nitrogen and oxygen atoms in total. The molecule has 0 spiro atoms. The van der Waals surface area contributed by atoms with Crippen LogP contribution in [-0.2, 0) is 9.36 Å². The van der Waals surface area contributed by atoms with Gasteiger partial charge < -0.3 is 20.0 Å². The average molecular weight is 185 g/mol. The molecule has 0 aromatic rings. The molecular weight excluding hydrogens is 177 g/mol. The lowest BCUT2D eigenvalue weighted by atomic mass is 10.3. The zero-order valence-corrected chi connectivity index (χ0v) is 6.23. The van der Waals surface area contributed by atoms with E-state index in [1.807, 2.05) is 0 Å². The van der Waals surface area contributed by atoms with Crippen molar-refractivity contribution < 1.29 is 29.4 Å². The molecular formula is C3H8NO6P. The fourth-order valence-electron chi connectivity index (χ4n) is 0.377. The van der Waals surface area contributed by atoms with Gasteiger partial charge in [0.1, 0.15) is 6.04 Å². The van der Waals surface area contributed by atoms with E-state index in [1.165, 1.54) is 5.09 Å². The molecule has 0 saturated carbocycles. The van der Waals surface area contributed by atoms with Crippen LogP contribution in [0.4, 0.5) is 0 Å². The van der Waals surface area contributed by atoms with Crippen molar-refractivity contribution in [3.05, 3.63) is 0 Å². The van der Waals surface area contributed by atoms with Crippen LogP contribution < -0.4 is 5.09 Å². The summed E-state index contributed by atoms with van der Waals surface area (Å²) in [6.07, 6.45) is 0. The van der Waals surface area contributed by atoms with Crippen molar-refractivity contribution in [2.45, 2.75) is 6.04 Å². The molecule has 0 aliphatic heterocycles. The third-order valence-corrected chi connectivity index (χ3v) is 1.45. The Balaban J connectivity index is 4.10. The second-order valence-electron chi connectivity index (χ2n) is 1.75.